The Kier molecular flexibility index (Phi) is 2.37. The summed E-state index contributed by atoms with van der Waals surface area (Å²) < 4.78 is 0. The van der Waals surface area contributed by atoms with Crippen LogP contribution in [0.1, 0.15) is 18.4 Å². The van der Waals surface area contributed by atoms with Crippen molar-refractivity contribution in [3.63, 3.8) is 0 Å². The molecule has 1 fully saturated rings. The number of hydrogen-bond acceptors (Lipinski definition) is 2. The van der Waals surface area contributed by atoms with Gasteiger partial charge in [0.15, 0.2) is 0 Å². The van der Waals surface area contributed by atoms with E-state index in [0.29, 0.717) is 6.04 Å². The minimum atomic E-state index is 0.701. The Hall–Kier alpha value is -0.890. The van der Waals surface area contributed by atoms with Crippen molar-refractivity contribution in [3.05, 3.63) is 30.1 Å². The van der Waals surface area contributed by atoms with Crippen LogP contribution in [0.4, 0.5) is 0 Å². The first-order valence-electron chi connectivity index (χ1n) is 4.57. The average Bonchev–Trinajstić information content (AvgIpc) is 2.59. The first-order chi connectivity index (χ1) is 5.95. The van der Waals surface area contributed by atoms with Gasteiger partial charge in [-0.2, -0.15) is 0 Å². The second-order valence-corrected chi connectivity index (χ2v) is 3.35. The van der Waals surface area contributed by atoms with Crippen LogP contribution in [0.15, 0.2) is 24.5 Å². The van der Waals surface area contributed by atoms with Gasteiger partial charge in [-0.15, -0.1) is 0 Å². The zero-order valence-corrected chi connectivity index (χ0v) is 7.16. The van der Waals surface area contributed by atoms with Crippen molar-refractivity contribution in [2.24, 2.45) is 0 Å². The fraction of sp³-hybridized carbons (Fsp3) is 0.500. The Morgan fingerprint density at radius 3 is 2.92 bits per heavy atom. The third-order valence-corrected chi connectivity index (χ3v) is 2.39. The van der Waals surface area contributed by atoms with E-state index in [1.807, 2.05) is 12.4 Å². The summed E-state index contributed by atoms with van der Waals surface area (Å²) >= 11 is 0. The molecule has 0 spiro atoms. The Morgan fingerprint density at radius 2 is 2.25 bits per heavy atom. The number of rotatable bonds is 2. The Bertz CT molecular complexity index is 227. The summed E-state index contributed by atoms with van der Waals surface area (Å²) in [5.74, 6) is 0. The van der Waals surface area contributed by atoms with Crippen molar-refractivity contribution < 1.29 is 0 Å². The maximum absolute atomic E-state index is 4.00. The summed E-state index contributed by atoms with van der Waals surface area (Å²) in [6.45, 7) is 1.19. The van der Waals surface area contributed by atoms with Crippen molar-refractivity contribution in [1.82, 2.24) is 10.3 Å². The van der Waals surface area contributed by atoms with E-state index >= 15 is 0 Å². The molecule has 0 aromatic carbocycles. The van der Waals surface area contributed by atoms with E-state index in [9.17, 15) is 0 Å². The molecule has 1 saturated heterocycles. The second kappa shape index (κ2) is 3.68. The predicted octanol–water partition coefficient (Wildman–Crippen LogP) is 1.38. The van der Waals surface area contributed by atoms with Gasteiger partial charge in [0.1, 0.15) is 0 Å². The first-order valence-corrected chi connectivity index (χ1v) is 4.57. The van der Waals surface area contributed by atoms with Crippen LogP contribution in [0.2, 0.25) is 0 Å². The number of nitrogens with one attached hydrogen (secondary N) is 1. The van der Waals surface area contributed by atoms with Crippen LogP contribution in [0, 0.1) is 0 Å². The van der Waals surface area contributed by atoms with Gasteiger partial charge in [0.25, 0.3) is 0 Å². The summed E-state index contributed by atoms with van der Waals surface area (Å²) in [7, 11) is 0. The lowest BCUT2D eigenvalue weighted by molar-refractivity contribution is 0.603. The highest BCUT2D eigenvalue weighted by molar-refractivity contribution is 5.11. The quantitative estimate of drug-likeness (QED) is 0.710. The summed E-state index contributed by atoms with van der Waals surface area (Å²) in [4.78, 5) is 4.00. The maximum atomic E-state index is 4.00. The standard InChI is InChI=1S/C10H14N2/c1-2-10(12-5-1)8-9-3-6-11-7-4-9/h3-4,6-7,10,12H,1-2,5,8H2/t10-/m0/s1. The van der Waals surface area contributed by atoms with Crippen LogP contribution in [-0.4, -0.2) is 17.6 Å². The molecule has 0 saturated carbocycles. The third-order valence-electron chi connectivity index (χ3n) is 2.39. The number of aromatic nitrogens is 1. The highest BCUT2D eigenvalue weighted by Crippen LogP contribution is 2.10. The van der Waals surface area contributed by atoms with Gasteiger partial charge < -0.3 is 5.32 Å². The van der Waals surface area contributed by atoms with Gasteiger partial charge in [0.05, 0.1) is 0 Å². The molecule has 1 atom stereocenters. The number of hydrogen-bond donors (Lipinski definition) is 1. The fourth-order valence-corrected chi connectivity index (χ4v) is 1.73. The van der Waals surface area contributed by atoms with E-state index in [1.54, 1.807) is 0 Å². The van der Waals surface area contributed by atoms with Crippen LogP contribution < -0.4 is 5.32 Å². The smallest absolute Gasteiger partial charge is 0.0270 e. The Balaban J connectivity index is 1.94. The molecule has 2 rings (SSSR count). The van der Waals surface area contributed by atoms with E-state index in [0.717, 1.165) is 6.42 Å². The van der Waals surface area contributed by atoms with E-state index in [1.165, 1.54) is 24.9 Å². The van der Waals surface area contributed by atoms with Crippen LogP contribution in [0.5, 0.6) is 0 Å². The normalized spacial score (nSPS) is 22.8. The van der Waals surface area contributed by atoms with Gasteiger partial charge in [-0.1, -0.05) is 0 Å². The molecular formula is C10H14N2. The molecule has 2 nitrogen and oxygen atoms in total. The Morgan fingerprint density at radius 1 is 1.42 bits per heavy atom. The third kappa shape index (κ3) is 1.83. The molecular weight excluding hydrogens is 148 g/mol. The molecule has 1 aliphatic heterocycles. The van der Waals surface area contributed by atoms with Crippen molar-refractivity contribution >= 4 is 0 Å². The molecule has 0 aliphatic carbocycles. The predicted molar refractivity (Wildman–Crippen MR) is 49.0 cm³/mol. The molecule has 0 radical (unpaired) electrons. The molecule has 2 heteroatoms. The minimum absolute atomic E-state index is 0.701. The Labute approximate surface area is 73.0 Å². The number of nitrogens with zero attached hydrogens (tertiary/aromatic N) is 1. The highest BCUT2D eigenvalue weighted by Gasteiger charge is 2.13. The van der Waals surface area contributed by atoms with Crippen molar-refractivity contribution in [2.75, 3.05) is 6.54 Å². The van der Waals surface area contributed by atoms with E-state index in [4.69, 9.17) is 0 Å². The van der Waals surface area contributed by atoms with Crippen molar-refractivity contribution in [3.8, 4) is 0 Å². The SMILES string of the molecule is c1cc(C[C@@H]2CCCN2)ccn1. The lowest BCUT2D eigenvalue weighted by atomic mass is 10.1. The van der Waals surface area contributed by atoms with Crippen LogP contribution in [0.3, 0.4) is 0 Å². The highest BCUT2D eigenvalue weighted by atomic mass is 14.9. The monoisotopic (exact) mass is 162 g/mol. The van der Waals surface area contributed by atoms with Gasteiger partial charge >= 0.3 is 0 Å². The molecule has 1 aliphatic rings. The summed E-state index contributed by atoms with van der Waals surface area (Å²) in [6.07, 6.45) is 7.54. The molecule has 1 N–H and O–H groups in total. The number of pyridine rings is 1. The lowest BCUT2D eigenvalue weighted by Crippen LogP contribution is -2.23. The van der Waals surface area contributed by atoms with Crippen LogP contribution >= 0.6 is 0 Å². The molecule has 64 valence electrons. The molecule has 12 heavy (non-hydrogen) atoms. The van der Waals surface area contributed by atoms with E-state index in [-0.39, 0.29) is 0 Å². The van der Waals surface area contributed by atoms with E-state index in [2.05, 4.69) is 22.4 Å². The summed E-state index contributed by atoms with van der Waals surface area (Å²) in [6, 6.07) is 4.90. The first kappa shape index (κ1) is 7.74. The maximum Gasteiger partial charge on any atom is 0.0270 e. The van der Waals surface area contributed by atoms with Crippen LogP contribution in [0.25, 0.3) is 0 Å². The average molecular weight is 162 g/mol. The van der Waals surface area contributed by atoms with Gasteiger partial charge in [-0.05, 0) is 43.5 Å². The zero-order valence-electron chi connectivity index (χ0n) is 7.16. The lowest BCUT2D eigenvalue weighted by Gasteiger charge is -2.08. The molecule has 0 bridgehead atoms. The second-order valence-electron chi connectivity index (χ2n) is 3.35. The van der Waals surface area contributed by atoms with Crippen molar-refractivity contribution in [2.45, 2.75) is 25.3 Å². The molecule has 1 aromatic heterocycles. The van der Waals surface area contributed by atoms with Crippen molar-refractivity contribution in [1.29, 1.82) is 0 Å². The fourth-order valence-electron chi connectivity index (χ4n) is 1.73. The van der Waals surface area contributed by atoms with Gasteiger partial charge in [0, 0.05) is 18.4 Å². The summed E-state index contributed by atoms with van der Waals surface area (Å²) in [5.41, 5.74) is 1.39. The zero-order chi connectivity index (χ0) is 8.23. The molecule has 2 heterocycles. The van der Waals surface area contributed by atoms with E-state index < -0.39 is 0 Å². The van der Waals surface area contributed by atoms with Gasteiger partial charge in [0.2, 0.25) is 0 Å². The van der Waals surface area contributed by atoms with Crippen LogP contribution in [-0.2, 0) is 6.42 Å². The molecule has 0 unspecified atom stereocenters. The van der Waals surface area contributed by atoms with Gasteiger partial charge in [-0.3, -0.25) is 4.98 Å². The van der Waals surface area contributed by atoms with Gasteiger partial charge in [-0.25, -0.2) is 0 Å². The largest absolute Gasteiger partial charge is 0.314 e. The molecule has 1 aromatic rings. The minimum Gasteiger partial charge on any atom is -0.314 e. The summed E-state index contributed by atoms with van der Waals surface area (Å²) in [5, 5.41) is 3.48. The topological polar surface area (TPSA) is 24.9 Å². The molecule has 0 amide bonds.